The standard InChI is InChI=1S/C19H25FN4.HI/c1-13-8-14(2)10-17(9-13)23-19(21)22-12-18(24(3)4)15-6-5-7-16(20)11-15;/h5-11,18H,12H2,1-4H3,(H3,21,22,23);1H. The number of hydrogen-bond acceptors (Lipinski definition) is 2. The van der Waals surface area contributed by atoms with Crippen LogP contribution >= 0.6 is 24.0 Å². The fraction of sp³-hybridized carbons (Fsp3) is 0.316. The van der Waals surface area contributed by atoms with Gasteiger partial charge in [-0.1, -0.05) is 18.2 Å². The molecule has 0 radical (unpaired) electrons. The second-order valence-electron chi connectivity index (χ2n) is 6.26. The molecule has 0 aromatic heterocycles. The van der Waals surface area contributed by atoms with Crippen LogP contribution in [0.3, 0.4) is 0 Å². The Morgan fingerprint density at radius 3 is 2.36 bits per heavy atom. The van der Waals surface area contributed by atoms with Crippen LogP contribution in [0.5, 0.6) is 0 Å². The molecule has 6 heteroatoms. The van der Waals surface area contributed by atoms with Gasteiger partial charge >= 0.3 is 0 Å². The molecule has 1 atom stereocenters. The summed E-state index contributed by atoms with van der Waals surface area (Å²) in [7, 11) is 3.89. The molecule has 4 nitrogen and oxygen atoms in total. The Bertz CT molecular complexity index is 711. The van der Waals surface area contributed by atoms with Crippen molar-refractivity contribution in [2.45, 2.75) is 19.9 Å². The third-order valence-corrected chi connectivity index (χ3v) is 3.79. The molecule has 0 saturated carbocycles. The Morgan fingerprint density at radius 1 is 1.16 bits per heavy atom. The van der Waals surface area contributed by atoms with Crippen LogP contribution in [-0.2, 0) is 0 Å². The second kappa shape index (κ2) is 9.72. The van der Waals surface area contributed by atoms with E-state index in [-0.39, 0.29) is 35.8 Å². The van der Waals surface area contributed by atoms with E-state index in [4.69, 9.17) is 5.73 Å². The number of nitrogens with one attached hydrogen (secondary N) is 1. The lowest BCUT2D eigenvalue weighted by molar-refractivity contribution is 0.306. The number of benzene rings is 2. The number of nitrogens with zero attached hydrogens (tertiary/aromatic N) is 2. The van der Waals surface area contributed by atoms with Crippen molar-refractivity contribution in [3.8, 4) is 0 Å². The van der Waals surface area contributed by atoms with Crippen LogP contribution in [0.2, 0.25) is 0 Å². The summed E-state index contributed by atoms with van der Waals surface area (Å²) in [4.78, 5) is 6.43. The molecular weight excluding hydrogens is 430 g/mol. The summed E-state index contributed by atoms with van der Waals surface area (Å²) in [5.74, 6) is 0.105. The number of rotatable bonds is 5. The van der Waals surface area contributed by atoms with Crippen molar-refractivity contribution in [2.24, 2.45) is 10.7 Å². The van der Waals surface area contributed by atoms with Gasteiger partial charge in [0.15, 0.2) is 5.96 Å². The average Bonchev–Trinajstić information content (AvgIpc) is 2.46. The fourth-order valence-electron chi connectivity index (χ4n) is 2.70. The molecule has 0 aliphatic heterocycles. The minimum atomic E-state index is -0.246. The highest BCUT2D eigenvalue weighted by atomic mass is 127. The van der Waals surface area contributed by atoms with E-state index in [9.17, 15) is 4.39 Å². The van der Waals surface area contributed by atoms with E-state index >= 15 is 0 Å². The van der Waals surface area contributed by atoms with Crippen molar-refractivity contribution in [3.05, 3.63) is 65.0 Å². The summed E-state index contributed by atoms with van der Waals surface area (Å²) >= 11 is 0. The first-order valence-electron chi connectivity index (χ1n) is 7.92. The Balaban J connectivity index is 0.00000312. The van der Waals surface area contributed by atoms with Crippen LogP contribution in [-0.4, -0.2) is 31.5 Å². The van der Waals surface area contributed by atoms with E-state index in [1.807, 2.05) is 51.0 Å². The largest absolute Gasteiger partial charge is 0.370 e. The summed E-state index contributed by atoms with van der Waals surface area (Å²) in [5.41, 5.74) is 10.1. The average molecular weight is 456 g/mol. The Hall–Kier alpha value is -1.67. The van der Waals surface area contributed by atoms with Crippen molar-refractivity contribution in [3.63, 3.8) is 0 Å². The highest BCUT2D eigenvalue weighted by molar-refractivity contribution is 14.0. The number of aryl methyl sites for hydroxylation is 2. The topological polar surface area (TPSA) is 53.6 Å². The zero-order valence-corrected chi connectivity index (χ0v) is 17.4. The maximum atomic E-state index is 13.5. The van der Waals surface area contributed by atoms with Crippen LogP contribution in [0, 0.1) is 19.7 Å². The molecule has 3 N–H and O–H groups in total. The number of nitrogens with two attached hydrogens (primary N) is 1. The van der Waals surface area contributed by atoms with Crippen LogP contribution in [0.1, 0.15) is 22.7 Å². The number of guanidine groups is 1. The Labute approximate surface area is 166 Å². The van der Waals surface area contributed by atoms with Gasteiger partial charge in [-0.25, -0.2) is 4.39 Å². The molecule has 2 aromatic carbocycles. The minimum absolute atomic E-state index is 0. The molecule has 0 fully saturated rings. The van der Waals surface area contributed by atoms with E-state index in [1.54, 1.807) is 6.07 Å². The first kappa shape index (κ1) is 21.4. The van der Waals surface area contributed by atoms with E-state index in [0.29, 0.717) is 12.5 Å². The van der Waals surface area contributed by atoms with Gasteiger partial charge < -0.3 is 16.0 Å². The molecule has 136 valence electrons. The van der Waals surface area contributed by atoms with Gasteiger partial charge in [0.05, 0.1) is 12.6 Å². The van der Waals surface area contributed by atoms with Gasteiger partial charge in [0.25, 0.3) is 0 Å². The van der Waals surface area contributed by atoms with E-state index in [2.05, 4.69) is 16.4 Å². The number of anilines is 1. The van der Waals surface area contributed by atoms with Crippen molar-refractivity contribution in [2.75, 3.05) is 26.0 Å². The zero-order valence-electron chi connectivity index (χ0n) is 15.1. The molecule has 0 spiro atoms. The maximum Gasteiger partial charge on any atom is 0.193 e. The summed E-state index contributed by atoms with van der Waals surface area (Å²) in [5, 5.41) is 3.12. The van der Waals surface area contributed by atoms with E-state index in [0.717, 1.165) is 22.4 Å². The smallest absolute Gasteiger partial charge is 0.193 e. The molecular formula is C19H26FIN4. The van der Waals surface area contributed by atoms with Crippen LogP contribution in [0.4, 0.5) is 10.1 Å². The van der Waals surface area contributed by atoms with Gasteiger partial charge in [-0.15, -0.1) is 24.0 Å². The summed E-state index contributed by atoms with van der Waals surface area (Å²) in [6.07, 6.45) is 0. The Kier molecular flexibility index (Phi) is 8.31. The molecule has 0 aliphatic rings. The van der Waals surface area contributed by atoms with Gasteiger partial charge in [0.1, 0.15) is 5.82 Å². The fourth-order valence-corrected chi connectivity index (χ4v) is 2.70. The summed E-state index contributed by atoms with van der Waals surface area (Å²) in [6.45, 7) is 4.52. The van der Waals surface area contributed by atoms with E-state index < -0.39 is 0 Å². The molecule has 0 heterocycles. The molecule has 0 bridgehead atoms. The van der Waals surface area contributed by atoms with E-state index in [1.165, 1.54) is 12.1 Å². The molecule has 0 saturated heterocycles. The van der Waals surface area contributed by atoms with Crippen molar-refractivity contribution in [1.82, 2.24) is 4.90 Å². The highest BCUT2D eigenvalue weighted by Crippen LogP contribution is 2.19. The third-order valence-electron chi connectivity index (χ3n) is 3.79. The second-order valence-corrected chi connectivity index (χ2v) is 6.26. The van der Waals surface area contributed by atoms with Crippen molar-refractivity contribution >= 4 is 35.6 Å². The summed E-state index contributed by atoms with van der Waals surface area (Å²) in [6, 6.07) is 12.7. The molecule has 1 unspecified atom stereocenters. The van der Waals surface area contributed by atoms with Crippen LogP contribution < -0.4 is 11.1 Å². The monoisotopic (exact) mass is 456 g/mol. The summed E-state index contributed by atoms with van der Waals surface area (Å²) < 4.78 is 13.5. The quantitative estimate of drug-likeness (QED) is 0.405. The number of likely N-dealkylation sites (N-methyl/N-ethyl adjacent to an activating group) is 1. The first-order chi connectivity index (χ1) is 11.3. The number of aliphatic imine (C=N–C) groups is 1. The minimum Gasteiger partial charge on any atom is -0.370 e. The number of hydrogen-bond donors (Lipinski definition) is 2. The molecule has 0 amide bonds. The Morgan fingerprint density at radius 2 is 1.80 bits per heavy atom. The van der Waals surface area contributed by atoms with Gasteiger partial charge in [-0.3, -0.25) is 4.99 Å². The van der Waals surface area contributed by atoms with Gasteiger partial charge in [0.2, 0.25) is 0 Å². The van der Waals surface area contributed by atoms with Crippen molar-refractivity contribution < 1.29 is 4.39 Å². The van der Waals surface area contributed by atoms with Gasteiger partial charge in [-0.2, -0.15) is 0 Å². The molecule has 2 rings (SSSR count). The number of halogens is 2. The third kappa shape index (κ3) is 6.62. The zero-order chi connectivity index (χ0) is 17.7. The van der Waals surface area contributed by atoms with Gasteiger partial charge in [-0.05, 0) is 68.9 Å². The molecule has 2 aromatic rings. The lowest BCUT2D eigenvalue weighted by Gasteiger charge is -2.23. The predicted octanol–water partition coefficient (Wildman–Crippen LogP) is 4.09. The normalized spacial score (nSPS) is 12.6. The maximum absolute atomic E-state index is 13.5. The molecule has 25 heavy (non-hydrogen) atoms. The van der Waals surface area contributed by atoms with Crippen molar-refractivity contribution in [1.29, 1.82) is 0 Å². The lowest BCUT2D eigenvalue weighted by Crippen LogP contribution is -2.27. The molecule has 0 aliphatic carbocycles. The predicted molar refractivity (Wildman–Crippen MR) is 114 cm³/mol. The van der Waals surface area contributed by atoms with Crippen LogP contribution in [0.15, 0.2) is 47.5 Å². The highest BCUT2D eigenvalue weighted by Gasteiger charge is 2.14. The SMILES string of the molecule is Cc1cc(C)cc(NC(N)=NCC(c2cccc(F)c2)N(C)C)c1.I. The van der Waals surface area contributed by atoms with Gasteiger partial charge in [0, 0.05) is 5.69 Å². The first-order valence-corrected chi connectivity index (χ1v) is 7.92. The lowest BCUT2D eigenvalue weighted by atomic mass is 10.1. The van der Waals surface area contributed by atoms with Crippen LogP contribution in [0.25, 0.3) is 0 Å².